The van der Waals surface area contributed by atoms with Gasteiger partial charge in [-0.1, -0.05) is 23.7 Å². The van der Waals surface area contributed by atoms with E-state index in [4.69, 9.17) is 16.7 Å². The number of hydrogen-bond acceptors (Lipinski definition) is 2. The predicted octanol–water partition coefficient (Wildman–Crippen LogP) is 3.43. The van der Waals surface area contributed by atoms with E-state index in [1.54, 1.807) is 0 Å². The van der Waals surface area contributed by atoms with Gasteiger partial charge >= 0.3 is 5.97 Å². The summed E-state index contributed by atoms with van der Waals surface area (Å²) in [6.45, 7) is 0. The maximum absolute atomic E-state index is 13.6. The highest BCUT2D eigenvalue weighted by Gasteiger charge is 2.16. The zero-order valence-electron chi connectivity index (χ0n) is 10.1. The third kappa shape index (κ3) is 2.95. The average molecular weight is 294 g/mol. The number of aromatic carboxylic acids is 1. The molecule has 0 radical (unpaired) electrons. The van der Waals surface area contributed by atoms with Crippen LogP contribution in [-0.2, 0) is 0 Å². The van der Waals surface area contributed by atoms with E-state index in [2.05, 4.69) is 5.32 Å². The van der Waals surface area contributed by atoms with Crippen molar-refractivity contribution in [1.82, 2.24) is 0 Å². The van der Waals surface area contributed by atoms with E-state index in [0.29, 0.717) is 0 Å². The van der Waals surface area contributed by atoms with Crippen molar-refractivity contribution in [2.24, 2.45) is 0 Å². The lowest BCUT2D eigenvalue weighted by Crippen LogP contribution is -2.14. The molecule has 0 unspecified atom stereocenters. The number of nitrogens with one attached hydrogen (secondary N) is 1. The Morgan fingerprint density at radius 1 is 1.15 bits per heavy atom. The highest BCUT2D eigenvalue weighted by Crippen LogP contribution is 2.21. The van der Waals surface area contributed by atoms with E-state index in [0.717, 1.165) is 6.07 Å². The van der Waals surface area contributed by atoms with Gasteiger partial charge < -0.3 is 10.4 Å². The maximum atomic E-state index is 13.6. The van der Waals surface area contributed by atoms with Gasteiger partial charge in [0.25, 0.3) is 5.91 Å². The molecule has 0 aliphatic rings. The van der Waals surface area contributed by atoms with Crippen LogP contribution in [-0.4, -0.2) is 17.0 Å². The molecule has 1 amide bonds. The second kappa shape index (κ2) is 5.71. The average Bonchev–Trinajstić information content (AvgIpc) is 2.38. The van der Waals surface area contributed by atoms with Gasteiger partial charge in [-0.2, -0.15) is 0 Å². The monoisotopic (exact) mass is 293 g/mol. The number of benzene rings is 2. The molecule has 0 atom stereocenters. The highest BCUT2D eigenvalue weighted by molar-refractivity contribution is 6.34. The second-order valence-corrected chi connectivity index (χ2v) is 4.34. The molecule has 102 valence electrons. The fourth-order valence-electron chi connectivity index (χ4n) is 1.64. The summed E-state index contributed by atoms with van der Waals surface area (Å²) in [5.74, 6) is -2.61. The minimum absolute atomic E-state index is 0.0161. The van der Waals surface area contributed by atoms with E-state index >= 15 is 0 Å². The van der Waals surface area contributed by atoms with E-state index in [9.17, 15) is 14.0 Å². The molecule has 2 aromatic carbocycles. The van der Waals surface area contributed by atoms with Gasteiger partial charge in [0.15, 0.2) is 0 Å². The summed E-state index contributed by atoms with van der Waals surface area (Å²) < 4.78 is 13.6. The van der Waals surface area contributed by atoms with Gasteiger partial charge in [-0.15, -0.1) is 0 Å². The first kappa shape index (κ1) is 14.0. The lowest BCUT2D eigenvalue weighted by molar-refractivity contribution is 0.0696. The van der Waals surface area contributed by atoms with Crippen molar-refractivity contribution < 1.29 is 19.1 Å². The minimum Gasteiger partial charge on any atom is -0.478 e. The van der Waals surface area contributed by atoms with Crippen LogP contribution in [0.5, 0.6) is 0 Å². The molecule has 0 saturated carbocycles. The summed E-state index contributed by atoms with van der Waals surface area (Å²) in [7, 11) is 0. The molecule has 0 spiro atoms. The van der Waals surface area contributed by atoms with Crippen LogP contribution in [0, 0.1) is 5.82 Å². The van der Waals surface area contributed by atoms with E-state index in [-0.39, 0.29) is 21.8 Å². The van der Waals surface area contributed by atoms with Crippen molar-refractivity contribution in [3.63, 3.8) is 0 Å². The molecule has 0 saturated heterocycles. The van der Waals surface area contributed by atoms with Gasteiger partial charge in [0.2, 0.25) is 0 Å². The number of halogens is 2. The molecule has 0 fully saturated rings. The molecule has 2 N–H and O–H groups in total. The summed E-state index contributed by atoms with van der Waals surface area (Å²) in [6, 6.07) is 9.53. The van der Waals surface area contributed by atoms with Crippen LogP contribution in [0.25, 0.3) is 0 Å². The zero-order valence-corrected chi connectivity index (χ0v) is 10.8. The number of anilines is 1. The van der Waals surface area contributed by atoms with Crippen LogP contribution in [0.3, 0.4) is 0 Å². The van der Waals surface area contributed by atoms with Crippen molar-refractivity contribution in [2.45, 2.75) is 0 Å². The lowest BCUT2D eigenvalue weighted by Gasteiger charge is -2.08. The standard InChI is InChI=1S/C14H9ClFNO3/c15-10-5-2-6-11(16)12(10)13(18)17-9-4-1-3-8(7-9)14(19)20/h1-7H,(H,17,18)(H,19,20). The summed E-state index contributed by atoms with van der Waals surface area (Å²) in [5, 5.41) is 11.2. The number of carboxylic acid groups (broad SMARTS) is 1. The predicted molar refractivity (Wildman–Crippen MR) is 72.8 cm³/mol. The number of rotatable bonds is 3. The normalized spacial score (nSPS) is 10.1. The van der Waals surface area contributed by atoms with Crippen LogP contribution in [0.4, 0.5) is 10.1 Å². The Labute approximate surface area is 118 Å². The van der Waals surface area contributed by atoms with Crippen molar-refractivity contribution in [1.29, 1.82) is 0 Å². The number of amides is 1. The Balaban J connectivity index is 2.28. The topological polar surface area (TPSA) is 66.4 Å². The Kier molecular flexibility index (Phi) is 4.00. The van der Waals surface area contributed by atoms with Crippen LogP contribution in [0.1, 0.15) is 20.7 Å². The fourth-order valence-corrected chi connectivity index (χ4v) is 1.89. The zero-order chi connectivity index (χ0) is 14.7. The molecule has 2 aromatic rings. The molecule has 0 bridgehead atoms. The molecule has 0 heterocycles. The SMILES string of the molecule is O=C(O)c1cccc(NC(=O)c2c(F)cccc2Cl)c1. The van der Waals surface area contributed by atoms with Crippen molar-refractivity contribution in [3.8, 4) is 0 Å². The van der Waals surface area contributed by atoms with Crippen LogP contribution in [0.15, 0.2) is 42.5 Å². The molecular weight excluding hydrogens is 285 g/mol. The quantitative estimate of drug-likeness (QED) is 0.911. The minimum atomic E-state index is -1.12. The second-order valence-electron chi connectivity index (χ2n) is 3.94. The molecule has 0 aliphatic heterocycles. The van der Waals surface area contributed by atoms with Crippen molar-refractivity contribution in [3.05, 3.63) is 64.4 Å². The number of hydrogen-bond donors (Lipinski definition) is 2. The number of carboxylic acids is 1. The van der Waals surface area contributed by atoms with Gasteiger partial charge in [0, 0.05) is 5.69 Å². The van der Waals surface area contributed by atoms with Gasteiger partial charge in [-0.05, 0) is 30.3 Å². The number of carbonyl (C=O) groups excluding carboxylic acids is 1. The summed E-state index contributed by atoms with van der Waals surface area (Å²) in [4.78, 5) is 22.8. The summed E-state index contributed by atoms with van der Waals surface area (Å²) in [5.41, 5.74) is -0.0217. The van der Waals surface area contributed by atoms with Gasteiger partial charge in [-0.25, -0.2) is 9.18 Å². The van der Waals surface area contributed by atoms with Crippen LogP contribution >= 0.6 is 11.6 Å². The van der Waals surface area contributed by atoms with E-state index in [1.807, 2.05) is 0 Å². The smallest absolute Gasteiger partial charge is 0.335 e. The molecular formula is C14H9ClFNO3. The summed E-state index contributed by atoms with van der Waals surface area (Å²) >= 11 is 5.78. The molecule has 0 aromatic heterocycles. The van der Waals surface area contributed by atoms with Crippen LogP contribution in [0.2, 0.25) is 5.02 Å². The first-order valence-corrected chi connectivity index (χ1v) is 5.95. The van der Waals surface area contributed by atoms with Crippen molar-refractivity contribution >= 4 is 29.2 Å². The Morgan fingerprint density at radius 2 is 1.85 bits per heavy atom. The highest BCUT2D eigenvalue weighted by atomic mass is 35.5. The van der Waals surface area contributed by atoms with Crippen LogP contribution < -0.4 is 5.32 Å². The first-order valence-electron chi connectivity index (χ1n) is 5.58. The van der Waals surface area contributed by atoms with Gasteiger partial charge in [0.05, 0.1) is 16.1 Å². The van der Waals surface area contributed by atoms with E-state index < -0.39 is 17.7 Å². The molecule has 0 aliphatic carbocycles. The fraction of sp³-hybridized carbons (Fsp3) is 0. The largest absolute Gasteiger partial charge is 0.478 e. The first-order chi connectivity index (χ1) is 9.49. The van der Waals surface area contributed by atoms with Crippen molar-refractivity contribution in [2.75, 3.05) is 5.32 Å². The summed E-state index contributed by atoms with van der Waals surface area (Å²) in [6.07, 6.45) is 0. The van der Waals surface area contributed by atoms with Gasteiger partial charge in [0.1, 0.15) is 5.82 Å². The molecule has 6 heteroatoms. The van der Waals surface area contributed by atoms with Gasteiger partial charge in [-0.3, -0.25) is 4.79 Å². The lowest BCUT2D eigenvalue weighted by atomic mass is 10.1. The Morgan fingerprint density at radius 3 is 2.50 bits per heavy atom. The Bertz CT molecular complexity index is 668. The Hall–Kier alpha value is -2.40. The van der Waals surface area contributed by atoms with E-state index in [1.165, 1.54) is 36.4 Å². The molecule has 20 heavy (non-hydrogen) atoms. The number of carbonyl (C=O) groups is 2. The third-order valence-electron chi connectivity index (χ3n) is 2.56. The third-order valence-corrected chi connectivity index (χ3v) is 2.87. The molecule has 2 rings (SSSR count). The molecule has 4 nitrogen and oxygen atoms in total. The maximum Gasteiger partial charge on any atom is 0.335 e.